The lowest BCUT2D eigenvalue weighted by molar-refractivity contribution is -0.118. The monoisotopic (exact) mass is 350 g/mol. The molecule has 2 aromatic carbocycles. The van der Waals surface area contributed by atoms with Crippen molar-refractivity contribution in [2.75, 3.05) is 11.9 Å². The number of para-hydroxylation sites is 2. The normalized spacial score (nSPS) is 10.8. The molecular formula is C20H22N4O2. The van der Waals surface area contributed by atoms with E-state index in [1.807, 2.05) is 43.3 Å². The van der Waals surface area contributed by atoms with E-state index < -0.39 is 0 Å². The summed E-state index contributed by atoms with van der Waals surface area (Å²) in [4.78, 5) is 12.4. The van der Waals surface area contributed by atoms with Crippen molar-refractivity contribution in [1.82, 2.24) is 15.0 Å². The highest BCUT2D eigenvalue weighted by atomic mass is 16.5. The van der Waals surface area contributed by atoms with Crippen LogP contribution in [0.4, 0.5) is 5.69 Å². The molecule has 0 aliphatic carbocycles. The molecule has 0 unspecified atom stereocenters. The molecule has 1 heterocycles. The van der Waals surface area contributed by atoms with E-state index in [9.17, 15) is 4.79 Å². The van der Waals surface area contributed by atoms with Crippen LogP contribution in [-0.4, -0.2) is 27.5 Å². The van der Waals surface area contributed by atoms with Gasteiger partial charge in [-0.25, -0.2) is 4.68 Å². The van der Waals surface area contributed by atoms with Crippen LogP contribution in [0.5, 0.6) is 5.75 Å². The topological polar surface area (TPSA) is 69.0 Å². The van der Waals surface area contributed by atoms with E-state index in [-0.39, 0.29) is 12.5 Å². The van der Waals surface area contributed by atoms with E-state index in [2.05, 4.69) is 35.5 Å². The van der Waals surface area contributed by atoms with Crippen LogP contribution in [0.3, 0.4) is 0 Å². The SMILES string of the molecule is Cc1ccc(C(C)C)c(OCC(=O)Nc2ccccc2-n2ccnn2)c1. The molecule has 3 rings (SSSR count). The number of aromatic nitrogens is 3. The molecule has 26 heavy (non-hydrogen) atoms. The second-order valence-corrected chi connectivity index (χ2v) is 6.40. The number of nitrogens with one attached hydrogen (secondary N) is 1. The van der Waals surface area contributed by atoms with Crippen molar-refractivity contribution in [3.05, 3.63) is 66.0 Å². The van der Waals surface area contributed by atoms with E-state index in [4.69, 9.17) is 4.74 Å². The Morgan fingerprint density at radius 2 is 2.04 bits per heavy atom. The second-order valence-electron chi connectivity index (χ2n) is 6.40. The predicted molar refractivity (Wildman–Crippen MR) is 101 cm³/mol. The fraction of sp³-hybridized carbons (Fsp3) is 0.250. The van der Waals surface area contributed by atoms with Gasteiger partial charge in [0.15, 0.2) is 6.61 Å². The third-order valence-electron chi connectivity index (χ3n) is 4.00. The lowest BCUT2D eigenvalue weighted by Crippen LogP contribution is -2.21. The van der Waals surface area contributed by atoms with Gasteiger partial charge in [-0.15, -0.1) is 5.10 Å². The molecule has 1 N–H and O–H groups in total. The van der Waals surface area contributed by atoms with Gasteiger partial charge in [0, 0.05) is 0 Å². The van der Waals surface area contributed by atoms with Crippen LogP contribution in [0.2, 0.25) is 0 Å². The minimum atomic E-state index is -0.228. The summed E-state index contributed by atoms with van der Waals surface area (Å²) in [5, 5.41) is 10.7. The van der Waals surface area contributed by atoms with Gasteiger partial charge in [-0.1, -0.05) is 43.3 Å². The molecule has 0 aliphatic heterocycles. The highest BCUT2D eigenvalue weighted by Gasteiger charge is 2.12. The average Bonchev–Trinajstić information content (AvgIpc) is 3.14. The number of carbonyl (C=O) groups is 1. The van der Waals surface area contributed by atoms with Gasteiger partial charge in [-0.3, -0.25) is 4.79 Å². The molecule has 6 heteroatoms. The standard InChI is InChI=1S/C20H22N4O2/c1-14(2)16-9-8-15(3)12-19(16)26-13-20(25)22-17-6-4-5-7-18(17)24-11-10-21-23-24/h4-12,14H,13H2,1-3H3,(H,22,25). The number of anilines is 1. The molecule has 1 amide bonds. The van der Waals surface area contributed by atoms with Crippen LogP contribution in [0.25, 0.3) is 5.69 Å². The summed E-state index contributed by atoms with van der Waals surface area (Å²) >= 11 is 0. The van der Waals surface area contributed by atoms with Gasteiger partial charge in [0.1, 0.15) is 5.75 Å². The van der Waals surface area contributed by atoms with E-state index >= 15 is 0 Å². The third-order valence-corrected chi connectivity index (χ3v) is 4.00. The maximum Gasteiger partial charge on any atom is 0.262 e. The number of aryl methyl sites for hydroxylation is 1. The average molecular weight is 350 g/mol. The quantitative estimate of drug-likeness (QED) is 0.736. The molecule has 0 fully saturated rings. The Hall–Kier alpha value is -3.15. The second kappa shape index (κ2) is 7.82. The molecule has 134 valence electrons. The van der Waals surface area contributed by atoms with E-state index in [0.717, 1.165) is 22.6 Å². The molecule has 0 aliphatic rings. The lowest BCUT2D eigenvalue weighted by atomic mass is 10.0. The highest BCUT2D eigenvalue weighted by Crippen LogP contribution is 2.27. The Kier molecular flexibility index (Phi) is 5.31. The number of nitrogens with zero attached hydrogens (tertiary/aromatic N) is 3. The first kappa shape index (κ1) is 17.7. The molecule has 3 aromatic rings. The number of amides is 1. The summed E-state index contributed by atoms with van der Waals surface area (Å²) in [5.41, 5.74) is 3.59. The Labute approximate surface area is 152 Å². The zero-order valence-corrected chi connectivity index (χ0v) is 15.1. The summed E-state index contributed by atoms with van der Waals surface area (Å²) in [7, 11) is 0. The molecule has 0 saturated carbocycles. The van der Waals surface area contributed by atoms with Crippen molar-refractivity contribution >= 4 is 11.6 Å². The lowest BCUT2D eigenvalue weighted by Gasteiger charge is -2.15. The molecule has 0 atom stereocenters. The number of benzene rings is 2. The van der Waals surface area contributed by atoms with Crippen molar-refractivity contribution in [3.8, 4) is 11.4 Å². The Morgan fingerprint density at radius 3 is 2.77 bits per heavy atom. The molecule has 0 bridgehead atoms. The van der Waals surface area contributed by atoms with Crippen molar-refractivity contribution in [2.24, 2.45) is 0 Å². The summed E-state index contributed by atoms with van der Waals surface area (Å²) in [6.45, 7) is 6.15. The van der Waals surface area contributed by atoms with Gasteiger partial charge in [0.2, 0.25) is 0 Å². The first-order valence-electron chi connectivity index (χ1n) is 8.53. The Morgan fingerprint density at radius 1 is 1.23 bits per heavy atom. The van der Waals surface area contributed by atoms with Gasteiger partial charge < -0.3 is 10.1 Å². The van der Waals surface area contributed by atoms with Gasteiger partial charge in [-0.05, 0) is 42.2 Å². The Balaban J connectivity index is 1.71. The zero-order valence-electron chi connectivity index (χ0n) is 15.1. The van der Waals surface area contributed by atoms with Crippen LogP contribution in [-0.2, 0) is 4.79 Å². The number of rotatable bonds is 6. The molecule has 1 aromatic heterocycles. The van der Waals surface area contributed by atoms with Crippen molar-refractivity contribution in [2.45, 2.75) is 26.7 Å². The van der Waals surface area contributed by atoms with Crippen LogP contribution in [0.15, 0.2) is 54.9 Å². The molecule has 0 spiro atoms. The fourth-order valence-electron chi connectivity index (χ4n) is 2.69. The van der Waals surface area contributed by atoms with Gasteiger partial charge in [0.25, 0.3) is 5.91 Å². The summed E-state index contributed by atoms with van der Waals surface area (Å²) in [6.07, 6.45) is 3.32. The van der Waals surface area contributed by atoms with Crippen LogP contribution < -0.4 is 10.1 Å². The highest BCUT2D eigenvalue weighted by molar-refractivity contribution is 5.93. The van der Waals surface area contributed by atoms with Crippen molar-refractivity contribution < 1.29 is 9.53 Å². The van der Waals surface area contributed by atoms with Gasteiger partial charge >= 0.3 is 0 Å². The minimum Gasteiger partial charge on any atom is -0.483 e. The van der Waals surface area contributed by atoms with E-state index in [1.54, 1.807) is 17.1 Å². The summed E-state index contributed by atoms with van der Waals surface area (Å²) in [5.74, 6) is 0.843. The summed E-state index contributed by atoms with van der Waals surface area (Å²) < 4.78 is 7.40. The van der Waals surface area contributed by atoms with Crippen LogP contribution in [0, 0.1) is 6.92 Å². The molecular weight excluding hydrogens is 328 g/mol. The number of hydrogen-bond donors (Lipinski definition) is 1. The summed E-state index contributed by atoms with van der Waals surface area (Å²) in [6, 6.07) is 13.5. The number of hydrogen-bond acceptors (Lipinski definition) is 4. The molecule has 0 radical (unpaired) electrons. The molecule has 6 nitrogen and oxygen atoms in total. The van der Waals surface area contributed by atoms with Crippen molar-refractivity contribution in [3.63, 3.8) is 0 Å². The van der Waals surface area contributed by atoms with Gasteiger partial charge in [-0.2, -0.15) is 0 Å². The third kappa shape index (κ3) is 4.08. The smallest absolute Gasteiger partial charge is 0.262 e. The number of carbonyl (C=O) groups excluding carboxylic acids is 1. The predicted octanol–water partition coefficient (Wildman–Crippen LogP) is 3.72. The molecule has 0 saturated heterocycles. The van der Waals surface area contributed by atoms with E-state index in [1.165, 1.54) is 0 Å². The minimum absolute atomic E-state index is 0.0607. The first-order chi connectivity index (χ1) is 12.5. The largest absolute Gasteiger partial charge is 0.483 e. The van der Waals surface area contributed by atoms with Crippen LogP contribution in [0.1, 0.15) is 30.9 Å². The number of ether oxygens (including phenoxy) is 1. The van der Waals surface area contributed by atoms with Crippen LogP contribution >= 0.6 is 0 Å². The maximum atomic E-state index is 12.4. The maximum absolute atomic E-state index is 12.4. The first-order valence-corrected chi connectivity index (χ1v) is 8.53. The van der Waals surface area contributed by atoms with E-state index in [0.29, 0.717) is 11.6 Å². The Bertz CT molecular complexity index is 889. The zero-order chi connectivity index (χ0) is 18.5. The van der Waals surface area contributed by atoms with Crippen molar-refractivity contribution in [1.29, 1.82) is 0 Å². The van der Waals surface area contributed by atoms with Gasteiger partial charge in [0.05, 0.1) is 23.8 Å². The fourth-order valence-corrected chi connectivity index (χ4v) is 2.69.